The zero-order valence-corrected chi connectivity index (χ0v) is 15.0. The summed E-state index contributed by atoms with van der Waals surface area (Å²) in [5, 5.41) is 12.1. The van der Waals surface area contributed by atoms with Crippen molar-refractivity contribution in [3.63, 3.8) is 0 Å². The van der Waals surface area contributed by atoms with E-state index in [4.69, 9.17) is 4.74 Å². The molecule has 1 saturated heterocycles. The van der Waals surface area contributed by atoms with E-state index in [0.717, 1.165) is 56.2 Å². The van der Waals surface area contributed by atoms with E-state index in [9.17, 15) is 0 Å². The summed E-state index contributed by atoms with van der Waals surface area (Å²) >= 11 is 0. The second-order valence-electron chi connectivity index (χ2n) is 6.61. The summed E-state index contributed by atoms with van der Waals surface area (Å²) in [5.74, 6) is 1.76. The van der Waals surface area contributed by atoms with Gasteiger partial charge in [0, 0.05) is 18.9 Å². The third-order valence-corrected chi connectivity index (χ3v) is 4.91. The molecule has 7 nitrogen and oxygen atoms in total. The Kier molecular flexibility index (Phi) is 4.97. The maximum absolute atomic E-state index is 5.30. The van der Waals surface area contributed by atoms with Crippen molar-refractivity contribution in [1.82, 2.24) is 29.9 Å². The Morgan fingerprint density at radius 3 is 3.00 bits per heavy atom. The minimum absolute atomic E-state index is 0.428. The van der Waals surface area contributed by atoms with Crippen molar-refractivity contribution < 1.29 is 4.74 Å². The molecule has 3 aromatic rings. The van der Waals surface area contributed by atoms with Crippen molar-refractivity contribution in [2.45, 2.75) is 31.8 Å². The first-order chi connectivity index (χ1) is 12.8. The number of benzene rings is 1. The highest BCUT2D eigenvalue weighted by Gasteiger charge is 2.18. The van der Waals surface area contributed by atoms with Crippen LogP contribution in [0.4, 0.5) is 0 Å². The molecule has 1 N–H and O–H groups in total. The van der Waals surface area contributed by atoms with Crippen molar-refractivity contribution in [3.8, 4) is 17.3 Å². The van der Waals surface area contributed by atoms with Crippen LogP contribution in [0.15, 0.2) is 42.9 Å². The van der Waals surface area contributed by atoms with Gasteiger partial charge in [-0.2, -0.15) is 0 Å². The van der Waals surface area contributed by atoms with Crippen LogP contribution >= 0.6 is 0 Å². The zero-order chi connectivity index (χ0) is 17.8. The molecule has 2 aromatic heterocycles. The highest BCUT2D eigenvalue weighted by atomic mass is 16.5. The van der Waals surface area contributed by atoms with Crippen LogP contribution in [0.1, 0.15) is 24.4 Å². The van der Waals surface area contributed by atoms with Crippen LogP contribution in [0.25, 0.3) is 11.5 Å². The number of nitrogens with zero attached hydrogens (tertiary/aromatic N) is 5. The Balaban J connectivity index is 1.47. The van der Waals surface area contributed by atoms with Gasteiger partial charge in [-0.1, -0.05) is 17.3 Å². The van der Waals surface area contributed by atoms with Gasteiger partial charge >= 0.3 is 0 Å². The molecule has 0 saturated carbocycles. The van der Waals surface area contributed by atoms with Gasteiger partial charge in [-0.15, -0.1) is 5.10 Å². The molecule has 136 valence electrons. The summed E-state index contributed by atoms with van der Waals surface area (Å²) in [6.45, 7) is 2.91. The fourth-order valence-electron chi connectivity index (χ4n) is 3.43. The van der Waals surface area contributed by atoms with E-state index < -0.39 is 0 Å². The number of nitrogens with one attached hydrogen (secondary N) is 1. The summed E-state index contributed by atoms with van der Waals surface area (Å²) in [4.78, 5) is 4.50. The van der Waals surface area contributed by atoms with Gasteiger partial charge in [0.05, 0.1) is 19.3 Å². The monoisotopic (exact) mass is 352 g/mol. The number of methoxy groups -OCH3 is 1. The Morgan fingerprint density at radius 2 is 2.15 bits per heavy atom. The predicted octanol–water partition coefficient (Wildman–Crippen LogP) is 2.32. The maximum atomic E-state index is 5.30. The molecule has 0 unspecified atom stereocenters. The predicted molar refractivity (Wildman–Crippen MR) is 99.1 cm³/mol. The Bertz CT molecular complexity index is 849. The number of imidazole rings is 1. The molecule has 0 bridgehead atoms. The lowest BCUT2D eigenvalue weighted by molar-refractivity contribution is 0.337. The lowest BCUT2D eigenvalue weighted by Gasteiger charge is -2.22. The molecule has 1 aliphatic heterocycles. The molecule has 0 spiro atoms. The van der Waals surface area contributed by atoms with Gasteiger partial charge in [0.1, 0.15) is 11.4 Å². The van der Waals surface area contributed by atoms with Crippen LogP contribution in [0, 0.1) is 0 Å². The fourth-order valence-corrected chi connectivity index (χ4v) is 3.43. The van der Waals surface area contributed by atoms with E-state index in [2.05, 4.69) is 37.3 Å². The van der Waals surface area contributed by atoms with Crippen LogP contribution in [-0.4, -0.2) is 44.7 Å². The van der Waals surface area contributed by atoms with Crippen molar-refractivity contribution in [2.75, 3.05) is 20.2 Å². The van der Waals surface area contributed by atoms with Gasteiger partial charge in [0.15, 0.2) is 5.82 Å². The minimum atomic E-state index is 0.428. The molecule has 0 amide bonds. The second kappa shape index (κ2) is 7.70. The minimum Gasteiger partial charge on any atom is -0.497 e. The molecular weight excluding hydrogens is 328 g/mol. The van der Waals surface area contributed by atoms with Crippen LogP contribution in [0.5, 0.6) is 5.75 Å². The molecule has 4 rings (SSSR count). The van der Waals surface area contributed by atoms with E-state index in [1.54, 1.807) is 7.11 Å². The highest BCUT2D eigenvalue weighted by molar-refractivity contribution is 5.47. The van der Waals surface area contributed by atoms with Crippen molar-refractivity contribution in [1.29, 1.82) is 0 Å². The summed E-state index contributed by atoms with van der Waals surface area (Å²) < 4.78 is 9.43. The van der Waals surface area contributed by atoms with E-state index in [-0.39, 0.29) is 0 Å². The lowest BCUT2D eigenvalue weighted by atomic mass is 10.1. The number of hydrogen-bond acceptors (Lipinski definition) is 5. The number of hydrogen-bond donors (Lipinski definition) is 1. The second-order valence-corrected chi connectivity index (χ2v) is 6.61. The number of aryl methyl sites for hydroxylation is 2. The van der Waals surface area contributed by atoms with E-state index in [1.807, 2.05) is 35.4 Å². The quantitative estimate of drug-likeness (QED) is 0.737. The Labute approximate surface area is 153 Å². The third-order valence-electron chi connectivity index (χ3n) is 4.91. The molecule has 0 aliphatic carbocycles. The summed E-state index contributed by atoms with van der Waals surface area (Å²) in [6, 6.07) is 8.60. The molecule has 7 heteroatoms. The van der Waals surface area contributed by atoms with E-state index >= 15 is 0 Å². The van der Waals surface area contributed by atoms with Crippen LogP contribution in [0.3, 0.4) is 0 Å². The first-order valence-corrected chi connectivity index (χ1v) is 9.10. The topological polar surface area (TPSA) is 69.8 Å². The van der Waals surface area contributed by atoms with E-state index in [1.165, 1.54) is 5.56 Å². The summed E-state index contributed by atoms with van der Waals surface area (Å²) in [7, 11) is 1.69. The van der Waals surface area contributed by atoms with Crippen molar-refractivity contribution in [3.05, 3.63) is 48.4 Å². The largest absolute Gasteiger partial charge is 0.497 e. The van der Waals surface area contributed by atoms with Crippen LogP contribution in [-0.2, 0) is 13.0 Å². The highest BCUT2D eigenvalue weighted by Crippen LogP contribution is 2.21. The number of aromatic nitrogens is 5. The van der Waals surface area contributed by atoms with E-state index in [0.29, 0.717) is 6.04 Å². The molecule has 0 radical (unpaired) electrons. The molecule has 1 aromatic carbocycles. The molecule has 0 atom stereocenters. The van der Waals surface area contributed by atoms with Gasteiger partial charge in [0.2, 0.25) is 0 Å². The first-order valence-electron chi connectivity index (χ1n) is 9.10. The molecule has 26 heavy (non-hydrogen) atoms. The van der Waals surface area contributed by atoms with Crippen LogP contribution in [0.2, 0.25) is 0 Å². The Morgan fingerprint density at radius 1 is 1.27 bits per heavy atom. The first kappa shape index (κ1) is 16.8. The van der Waals surface area contributed by atoms with Gasteiger partial charge < -0.3 is 14.6 Å². The zero-order valence-electron chi connectivity index (χ0n) is 15.0. The fraction of sp³-hybridized carbons (Fsp3) is 0.421. The molecule has 1 aliphatic rings. The number of ether oxygens (including phenoxy) is 1. The van der Waals surface area contributed by atoms with Gasteiger partial charge in [-0.05, 0) is 50.0 Å². The standard InChI is InChI=1S/C19H24N6O/c1-26-17-4-2-3-15(13-17)7-11-24-12-10-21-19(24)18-14-25(23-22-18)16-5-8-20-9-6-16/h2-4,10,12-14,16,20H,5-9,11H2,1H3. The van der Waals surface area contributed by atoms with Crippen molar-refractivity contribution in [2.24, 2.45) is 0 Å². The summed E-state index contributed by atoms with van der Waals surface area (Å²) in [6.07, 6.45) is 8.94. The average molecular weight is 352 g/mol. The molecule has 1 fully saturated rings. The van der Waals surface area contributed by atoms with Gasteiger partial charge in [-0.25, -0.2) is 9.67 Å². The third kappa shape index (κ3) is 3.62. The molecular formula is C19H24N6O. The van der Waals surface area contributed by atoms with Gasteiger partial charge in [-0.3, -0.25) is 0 Å². The normalized spacial score (nSPS) is 15.3. The SMILES string of the molecule is COc1cccc(CCn2ccnc2-c2cn(C3CCNCC3)nn2)c1. The average Bonchev–Trinajstić information content (AvgIpc) is 3.36. The Hall–Kier alpha value is -2.67. The lowest BCUT2D eigenvalue weighted by Crippen LogP contribution is -2.29. The maximum Gasteiger partial charge on any atom is 0.162 e. The smallest absolute Gasteiger partial charge is 0.162 e. The van der Waals surface area contributed by atoms with Crippen LogP contribution < -0.4 is 10.1 Å². The number of piperidine rings is 1. The van der Waals surface area contributed by atoms with Gasteiger partial charge in [0.25, 0.3) is 0 Å². The summed E-state index contributed by atoms with van der Waals surface area (Å²) in [5.41, 5.74) is 2.07. The molecule has 3 heterocycles. The number of rotatable bonds is 6. The van der Waals surface area contributed by atoms with Crippen molar-refractivity contribution >= 4 is 0 Å².